The molecule has 0 bridgehead atoms. The molecule has 1 aliphatic rings. The molecular formula is C11H13ClFN. The van der Waals surface area contributed by atoms with Crippen LogP contribution in [-0.2, 0) is 6.42 Å². The fourth-order valence-electron chi connectivity index (χ4n) is 1.89. The molecule has 1 atom stereocenters. The van der Waals surface area contributed by atoms with E-state index in [9.17, 15) is 4.39 Å². The molecule has 0 aliphatic carbocycles. The average Bonchev–Trinajstić information content (AvgIpc) is 2.62. The van der Waals surface area contributed by atoms with Gasteiger partial charge in [-0.1, -0.05) is 17.7 Å². The molecule has 1 aromatic rings. The van der Waals surface area contributed by atoms with E-state index in [1.165, 1.54) is 6.07 Å². The molecule has 0 amide bonds. The van der Waals surface area contributed by atoms with E-state index in [1.807, 2.05) is 0 Å². The van der Waals surface area contributed by atoms with Crippen LogP contribution in [0.15, 0.2) is 18.2 Å². The Morgan fingerprint density at radius 1 is 1.50 bits per heavy atom. The average molecular weight is 214 g/mol. The summed E-state index contributed by atoms with van der Waals surface area (Å²) in [5.74, 6) is 0.398. The van der Waals surface area contributed by atoms with Crippen molar-refractivity contribution in [3.63, 3.8) is 0 Å². The third-order valence-corrected chi connectivity index (χ3v) is 2.92. The van der Waals surface area contributed by atoms with Crippen LogP contribution in [0, 0.1) is 11.7 Å². The minimum absolute atomic E-state index is 0.176. The summed E-state index contributed by atoms with van der Waals surface area (Å²) < 4.78 is 13.4. The van der Waals surface area contributed by atoms with Crippen molar-refractivity contribution in [1.29, 1.82) is 0 Å². The van der Waals surface area contributed by atoms with Crippen LogP contribution in [0.3, 0.4) is 0 Å². The van der Waals surface area contributed by atoms with E-state index >= 15 is 0 Å². The van der Waals surface area contributed by atoms with Crippen LogP contribution in [0.25, 0.3) is 0 Å². The van der Waals surface area contributed by atoms with E-state index in [4.69, 9.17) is 11.6 Å². The molecule has 0 aromatic heterocycles. The van der Waals surface area contributed by atoms with Gasteiger partial charge in [-0.2, -0.15) is 0 Å². The third-order valence-electron chi connectivity index (χ3n) is 2.69. The lowest BCUT2D eigenvalue weighted by Crippen LogP contribution is -2.11. The molecule has 1 saturated heterocycles. The van der Waals surface area contributed by atoms with Gasteiger partial charge in [-0.3, -0.25) is 0 Å². The lowest BCUT2D eigenvalue weighted by atomic mass is 9.98. The van der Waals surface area contributed by atoms with Gasteiger partial charge in [0.1, 0.15) is 5.82 Å². The van der Waals surface area contributed by atoms with Crippen LogP contribution < -0.4 is 5.32 Å². The highest BCUT2D eigenvalue weighted by atomic mass is 35.5. The topological polar surface area (TPSA) is 12.0 Å². The number of hydrogen-bond acceptors (Lipinski definition) is 1. The van der Waals surface area contributed by atoms with Crippen LogP contribution in [0.4, 0.5) is 4.39 Å². The molecular weight excluding hydrogens is 201 g/mol. The lowest BCUT2D eigenvalue weighted by Gasteiger charge is -2.08. The van der Waals surface area contributed by atoms with E-state index in [2.05, 4.69) is 5.32 Å². The first-order chi connectivity index (χ1) is 6.75. The van der Waals surface area contributed by atoms with Crippen LogP contribution in [0.1, 0.15) is 12.0 Å². The van der Waals surface area contributed by atoms with Gasteiger partial charge in [-0.05, 0) is 49.5 Å². The van der Waals surface area contributed by atoms with Gasteiger partial charge in [0.25, 0.3) is 0 Å². The number of halogens is 2. The van der Waals surface area contributed by atoms with Crippen LogP contribution in [-0.4, -0.2) is 13.1 Å². The van der Waals surface area contributed by atoms with Crippen molar-refractivity contribution >= 4 is 11.6 Å². The van der Waals surface area contributed by atoms with Crippen molar-refractivity contribution in [3.8, 4) is 0 Å². The summed E-state index contributed by atoms with van der Waals surface area (Å²) in [6, 6.07) is 4.93. The summed E-state index contributed by atoms with van der Waals surface area (Å²) in [7, 11) is 0. The molecule has 0 radical (unpaired) electrons. The maximum absolute atomic E-state index is 13.4. The lowest BCUT2D eigenvalue weighted by molar-refractivity contribution is 0.544. The molecule has 1 fully saturated rings. The first-order valence-corrected chi connectivity index (χ1v) is 5.28. The molecule has 1 aromatic carbocycles. The van der Waals surface area contributed by atoms with Crippen molar-refractivity contribution < 1.29 is 4.39 Å². The zero-order valence-electron chi connectivity index (χ0n) is 7.89. The molecule has 3 heteroatoms. The van der Waals surface area contributed by atoms with E-state index < -0.39 is 0 Å². The normalized spacial score (nSPS) is 21.4. The van der Waals surface area contributed by atoms with Gasteiger partial charge in [0, 0.05) is 5.02 Å². The van der Waals surface area contributed by atoms with Gasteiger partial charge in [-0.15, -0.1) is 0 Å². The quantitative estimate of drug-likeness (QED) is 0.797. The SMILES string of the molecule is Fc1cc(Cl)ccc1CC1CCNC1. The summed E-state index contributed by atoms with van der Waals surface area (Å²) in [6.45, 7) is 2.06. The van der Waals surface area contributed by atoms with Gasteiger partial charge < -0.3 is 5.32 Å². The Hall–Kier alpha value is -0.600. The highest BCUT2D eigenvalue weighted by Crippen LogP contribution is 2.20. The van der Waals surface area contributed by atoms with Crippen LogP contribution >= 0.6 is 11.6 Å². The molecule has 0 saturated carbocycles. The van der Waals surface area contributed by atoms with Gasteiger partial charge in [-0.25, -0.2) is 4.39 Å². The Morgan fingerprint density at radius 3 is 3.00 bits per heavy atom. The molecule has 1 unspecified atom stereocenters. The predicted molar refractivity (Wildman–Crippen MR) is 56.1 cm³/mol. The van der Waals surface area contributed by atoms with Gasteiger partial charge in [0.15, 0.2) is 0 Å². The van der Waals surface area contributed by atoms with E-state index in [1.54, 1.807) is 12.1 Å². The van der Waals surface area contributed by atoms with Crippen molar-refractivity contribution in [2.24, 2.45) is 5.92 Å². The minimum atomic E-state index is -0.176. The number of hydrogen-bond donors (Lipinski definition) is 1. The Bertz CT molecular complexity index is 321. The van der Waals surface area contributed by atoms with Crippen molar-refractivity contribution in [1.82, 2.24) is 5.32 Å². The Morgan fingerprint density at radius 2 is 2.36 bits per heavy atom. The van der Waals surface area contributed by atoms with E-state index in [0.717, 1.165) is 31.5 Å². The standard InChI is InChI=1S/C11H13ClFN/c12-10-2-1-9(11(13)6-10)5-8-3-4-14-7-8/h1-2,6,8,14H,3-5,7H2. The number of rotatable bonds is 2. The fraction of sp³-hybridized carbons (Fsp3) is 0.455. The number of nitrogens with one attached hydrogen (secondary N) is 1. The van der Waals surface area contributed by atoms with Crippen molar-refractivity contribution in [2.75, 3.05) is 13.1 Å². The highest BCUT2D eigenvalue weighted by molar-refractivity contribution is 6.30. The van der Waals surface area contributed by atoms with E-state index in [0.29, 0.717) is 10.9 Å². The maximum Gasteiger partial charge on any atom is 0.127 e. The molecule has 2 rings (SSSR count). The van der Waals surface area contributed by atoms with E-state index in [-0.39, 0.29) is 5.82 Å². The van der Waals surface area contributed by atoms with Gasteiger partial charge >= 0.3 is 0 Å². The summed E-state index contributed by atoms with van der Waals surface area (Å²) in [4.78, 5) is 0. The zero-order valence-corrected chi connectivity index (χ0v) is 8.65. The first-order valence-electron chi connectivity index (χ1n) is 4.90. The first kappa shape index (κ1) is 9.94. The Labute approximate surface area is 88.3 Å². The molecule has 14 heavy (non-hydrogen) atoms. The second-order valence-corrected chi connectivity index (χ2v) is 4.24. The second kappa shape index (κ2) is 4.28. The minimum Gasteiger partial charge on any atom is -0.316 e. The largest absolute Gasteiger partial charge is 0.316 e. The highest BCUT2D eigenvalue weighted by Gasteiger charge is 2.16. The fourth-order valence-corrected chi connectivity index (χ4v) is 2.05. The second-order valence-electron chi connectivity index (χ2n) is 3.80. The molecule has 1 aliphatic heterocycles. The van der Waals surface area contributed by atoms with Gasteiger partial charge in [0.2, 0.25) is 0 Å². The molecule has 1 heterocycles. The monoisotopic (exact) mass is 213 g/mol. The van der Waals surface area contributed by atoms with Crippen molar-refractivity contribution in [2.45, 2.75) is 12.8 Å². The molecule has 0 spiro atoms. The third kappa shape index (κ3) is 2.25. The number of benzene rings is 1. The van der Waals surface area contributed by atoms with Crippen molar-refractivity contribution in [3.05, 3.63) is 34.6 Å². The molecule has 1 N–H and O–H groups in total. The van der Waals surface area contributed by atoms with Crippen LogP contribution in [0.2, 0.25) is 5.02 Å². The summed E-state index contributed by atoms with van der Waals surface area (Å²) >= 11 is 5.68. The zero-order chi connectivity index (χ0) is 9.97. The molecule has 76 valence electrons. The maximum atomic E-state index is 13.4. The van der Waals surface area contributed by atoms with Gasteiger partial charge in [0.05, 0.1) is 0 Å². The smallest absolute Gasteiger partial charge is 0.127 e. The molecule has 1 nitrogen and oxygen atoms in total. The summed E-state index contributed by atoms with van der Waals surface area (Å²) in [5, 5.41) is 3.74. The van der Waals surface area contributed by atoms with Crippen LogP contribution in [0.5, 0.6) is 0 Å². The summed E-state index contributed by atoms with van der Waals surface area (Å²) in [6.07, 6.45) is 1.96. The summed E-state index contributed by atoms with van der Waals surface area (Å²) in [5.41, 5.74) is 0.781. The predicted octanol–water partition coefficient (Wildman–Crippen LogP) is 2.63. The Kier molecular flexibility index (Phi) is 3.04. The Balaban J connectivity index is 2.08.